The van der Waals surface area contributed by atoms with Crippen molar-refractivity contribution in [3.05, 3.63) is 0 Å². The van der Waals surface area contributed by atoms with Crippen molar-refractivity contribution >= 4 is 0 Å². The fraction of sp³-hybridized carbons (Fsp3) is 1.00. The molecule has 3 heteroatoms. The molecule has 3 nitrogen and oxygen atoms in total. The molecule has 0 aromatic rings. The molecule has 1 spiro atoms. The van der Waals surface area contributed by atoms with E-state index in [2.05, 4.69) is 17.1 Å². The summed E-state index contributed by atoms with van der Waals surface area (Å²) in [6.07, 6.45) is 4.00. The van der Waals surface area contributed by atoms with Gasteiger partial charge in [0.15, 0.2) is 0 Å². The summed E-state index contributed by atoms with van der Waals surface area (Å²) in [7, 11) is 0. The van der Waals surface area contributed by atoms with Crippen molar-refractivity contribution in [1.29, 1.82) is 0 Å². The van der Waals surface area contributed by atoms with Crippen molar-refractivity contribution in [3.8, 4) is 0 Å². The van der Waals surface area contributed by atoms with E-state index in [1.807, 2.05) is 0 Å². The molecule has 1 saturated heterocycles. The van der Waals surface area contributed by atoms with Gasteiger partial charge in [0, 0.05) is 18.1 Å². The number of hydrogen-bond acceptors (Lipinski definition) is 3. The predicted molar refractivity (Wildman–Crippen MR) is 52.7 cm³/mol. The van der Waals surface area contributed by atoms with E-state index in [0.717, 1.165) is 6.54 Å². The van der Waals surface area contributed by atoms with Crippen LogP contribution in [-0.4, -0.2) is 47.8 Å². The zero-order chi connectivity index (χ0) is 9.31. The molecule has 2 aliphatic rings. The number of aliphatic hydroxyl groups is 1. The zero-order valence-corrected chi connectivity index (χ0v) is 8.42. The summed E-state index contributed by atoms with van der Waals surface area (Å²) in [4.78, 5) is 2.60. The van der Waals surface area contributed by atoms with Crippen molar-refractivity contribution in [2.75, 3.05) is 26.2 Å². The third-order valence-corrected chi connectivity index (χ3v) is 3.60. The first-order valence-corrected chi connectivity index (χ1v) is 5.43. The smallest absolute Gasteiger partial charge is 0.0556 e. The van der Waals surface area contributed by atoms with Crippen LogP contribution in [0.5, 0.6) is 0 Å². The third kappa shape index (κ3) is 1.49. The highest BCUT2D eigenvalue weighted by Crippen LogP contribution is 2.49. The Kier molecular flexibility index (Phi) is 2.58. The number of rotatable bonds is 4. The minimum atomic E-state index is 0.263. The van der Waals surface area contributed by atoms with Crippen LogP contribution >= 0.6 is 0 Å². The minimum absolute atomic E-state index is 0.263. The largest absolute Gasteiger partial charge is 0.395 e. The van der Waals surface area contributed by atoms with Gasteiger partial charge in [-0.3, -0.25) is 4.90 Å². The van der Waals surface area contributed by atoms with Gasteiger partial charge in [0.2, 0.25) is 0 Å². The van der Waals surface area contributed by atoms with E-state index >= 15 is 0 Å². The maximum absolute atomic E-state index is 8.72. The van der Waals surface area contributed by atoms with E-state index in [0.29, 0.717) is 11.6 Å². The number of likely N-dealkylation sites (N-methyl/N-ethyl adjacent to an activating group) is 1. The van der Waals surface area contributed by atoms with Gasteiger partial charge in [0.25, 0.3) is 0 Å². The van der Waals surface area contributed by atoms with Crippen molar-refractivity contribution in [1.82, 2.24) is 10.2 Å². The van der Waals surface area contributed by atoms with E-state index in [9.17, 15) is 0 Å². The van der Waals surface area contributed by atoms with Gasteiger partial charge in [-0.25, -0.2) is 0 Å². The van der Waals surface area contributed by atoms with Gasteiger partial charge in [-0.05, 0) is 32.4 Å². The molecule has 0 radical (unpaired) electrons. The first-order chi connectivity index (χ1) is 6.33. The Morgan fingerprint density at radius 2 is 2.46 bits per heavy atom. The van der Waals surface area contributed by atoms with Crippen LogP contribution in [0.15, 0.2) is 0 Å². The molecule has 2 unspecified atom stereocenters. The first kappa shape index (κ1) is 9.44. The molecule has 2 fully saturated rings. The van der Waals surface area contributed by atoms with Crippen molar-refractivity contribution in [2.24, 2.45) is 0 Å². The monoisotopic (exact) mass is 184 g/mol. The molecule has 2 N–H and O–H groups in total. The first-order valence-electron chi connectivity index (χ1n) is 5.43. The quantitative estimate of drug-likeness (QED) is 0.655. The number of nitrogens with zero attached hydrogens (tertiary/aromatic N) is 1. The van der Waals surface area contributed by atoms with Gasteiger partial charge >= 0.3 is 0 Å². The van der Waals surface area contributed by atoms with Gasteiger partial charge in [-0.2, -0.15) is 0 Å². The van der Waals surface area contributed by atoms with Crippen LogP contribution in [0.2, 0.25) is 0 Å². The second kappa shape index (κ2) is 3.56. The van der Waals surface area contributed by atoms with Crippen molar-refractivity contribution in [3.63, 3.8) is 0 Å². The third-order valence-electron chi connectivity index (χ3n) is 3.60. The maximum Gasteiger partial charge on any atom is 0.0556 e. The maximum atomic E-state index is 8.72. The van der Waals surface area contributed by atoms with Crippen LogP contribution in [0.3, 0.4) is 0 Å². The summed E-state index contributed by atoms with van der Waals surface area (Å²) in [5.74, 6) is 0. The molecule has 76 valence electrons. The summed E-state index contributed by atoms with van der Waals surface area (Å²) >= 11 is 0. The minimum Gasteiger partial charge on any atom is -0.395 e. The average Bonchev–Trinajstić information content (AvgIpc) is 2.65. The lowest BCUT2D eigenvalue weighted by Gasteiger charge is -2.23. The zero-order valence-electron chi connectivity index (χ0n) is 8.42. The standard InChI is InChI=1S/C10H20N2O/c1-2-12-6-3-4-10(12)8-9(10)11-5-7-13/h9,11,13H,2-8H2,1H3. The second-order valence-corrected chi connectivity index (χ2v) is 4.22. The van der Waals surface area contributed by atoms with Crippen LogP contribution in [-0.2, 0) is 0 Å². The van der Waals surface area contributed by atoms with E-state index in [4.69, 9.17) is 5.11 Å². The molecule has 0 bridgehead atoms. The normalized spacial score (nSPS) is 38.8. The summed E-state index contributed by atoms with van der Waals surface area (Å²) in [6.45, 7) is 5.71. The fourth-order valence-corrected chi connectivity index (χ4v) is 2.85. The molecule has 0 aromatic heterocycles. The molecule has 1 aliphatic carbocycles. The molecule has 0 amide bonds. The topological polar surface area (TPSA) is 35.5 Å². The van der Waals surface area contributed by atoms with Gasteiger partial charge in [-0.15, -0.1) is 0 Å². The lowest BCUT2D eigenvalue weighted by molar-refractivity contribution is 0.229. The molecule has 13 heavy (non-hydrogen) atoms. The number of aliphatic hydroxyl groups excluding tert-OH is 1. The summed E-state index contributed by atoms with van der Waals surface area (Å²) in [5, 5.41) is 12.1. The number of nitrogens with one attached hydrogen (secondary N) is 1. The number of likely N-dealkylation sites (tertiary alicyclic amines) is 1. The Hall–Kier alpha value is -0.120. The lowest BCUT2D eigenvalue weighted by atomic mass is 10.2. The Balaban J connectivity index is 1.86. The molecule has 2 atom stereocenters. The molecular weight excluding hydrogens is 164 g/mol. The van der Waals surface area contributed by atoms with E-state index in [1.54, 1.807) is 0 Å². The van der Waals surface area contributed by atoms with Crippen LogP contribution in [0.25, 0.3) is 0 Å². The highest BCUT2D eigenvalue weighted by molar-refractivity contribution is 5.18. The Morgan fingerprint density at radius 1 is 1.62 bits per heavy atom. The number of hydrogen-bond donors (Lipinski definition) is 2. The van der Waals surface area contributed by atoms with Gasteiger partial charge in [-0.1, -0.05) is 6.92 Å². The highest BCUT2D eigenvalue weighted by atomic mass is 16.3. The molecule has 1 saturated carbocycles. The van der Waals surface area contributed by atoms with E-state index in [-0.39, 0.29) is 6.61 Å². The van der Waals surface area contributed by atoms with Crippen LogP contribution in [0.4, 0.5) is 0 Å². The van der Waals surface area contributed by atoms with Crippen molar-refractivity contribution < 1.29 is 5.11 Å². The molecule has 1 aliphatic heterocycles. The highest BCUT2D eigenvalue weighted by Gasteiger charge is 2.58. The summed E-state index contributed by atoms with van der Waals surface area (Å²) in [6, 6.07) is 0.655. The van der Waals surface area contributed by atoms with Gasteiger partial charge < -0.3 is 10.4 Å². The molecule has 2 rings (SSSR count). The molecule has 1 heterocycles. The van der Waals surface area contributed by atoms with E-state index < -0.39 is 0 Å². The second-order valence-electron chi connectivity index (χ2n) is 4.22. The van der Waals surface area contributed by atoms with Crippen LogP contribution < -0.4 is 5.32 Å². The Bertz CT molecular complexity index is 186. The Morgan fingerprint density at radius 3 is 3.15 bits per heavy atom. The lowest BCUT2D eigenvalue weighted by Crippen LogP contribution is -2.39. The van der Waals surface area contributed by atoms with Crippen molar-refractivity contribution in [2.45, 2.75) is 37.8 Å². The summed E-state index contributed by atoms with van der Waals surface area (Å²) < 4.78 is 0. The Labute approximate surface area is 80.1 Å². The SMILES string of the molecule is CCN1CCCC12CC2NCCO. The fourth-order valence-electron chi connectivity index (χ4n) is 2.85. The van der Waals surface area contributed by atoms with Gasteiger partial charge in [0.05, 0.1) is 6.61 Å². The van der Waals surface area contributed by atoms with E-state index in [1.165, 1.54) is 32.4 Å². The molecular formula is C10H20N2O. The van der Waals surface area contributed by atoms with Crippen LogP contribution in [0, 0.1) is 0 Å². The average molecular weight is 184 g/mol. The predicted octanol–water partition coefficient (Wildman–Crippen LogP) is 0.195. The van der Waals surface area contributed by atoms with Gasteiger partial charge in [0.1, 0.15) is 0 Å². The summed E-state index contributed by atoms with van der Waals surface area (Å²) in [5.41, 5.74) is 0.490. The molecule has 0 aromatic carbocycles. The van der Waals surface area contributed by atoms with Crippen LogP contribution in [0.1, 0.15) is 26.2 Å².